The molecular formula is C11H12O3. The highest BCUT2D eigenvalue weighted by atomic mass is 16.5. The third-order valence-electron chi connectivity index (χ3n) is 2.75. The first-order chi connectivity index (χ1) is 6.72. The fraction of sp³-hybridized carbons (Fsp3) is 0.364. The molecule has 1 aliphatic rings. The lowest BCUT2D eigenvalue weighted by Crippen LogP contribution is -2.08. The van der Waals surface area contributed by atoms with Crippen LogP contribution in [-0.4, -0.2) is 18.5 Å². The molecule has 0 spiro atoms. The van der Waals surface area contributed by atoms with E-state index >= 15 is 0 Å². The van der Waals surface area contributed by atoms with Crippen molar-refractivity contribution < 1.29 is 14.6 Å². The van der Waals surface area contributed by atoms with Crippen molar-refractivity contribution in [1.29, 1.82) is 0 Å². The summed E-state index contributed by atoms with van der Waals surface area (Å²) in [6.45, 7) is 0. The largest absolute Gasteiger partial charge is 0.508 e. The number of phenols is 1. The van der Waals surface area contributed by atoms with Crippen molar-refractivity contribution in [2.75, 3.05) is 7.11 Å². The smallest absolute Gasteiger partial charge is 0.130 e. The first-order valence-electron chi connectivity index (χ1n) is 4.56. The zero-order valence-electron chi connectivity index (χ0n) is 7.99. The number of methoxy groups -OCH3 is 1. The van der Waals surface area contributed by atoms with Gasteiger partial charge in [0.05, 0.1) is 12.5 Å². The van der Waals surface area contributed by atoms with Crippen LogP contribution in [0.1, 0.15) is 18.4 Å². The standard InChI is InChI=1S/C11H12O3/c1-14-8-2-3-10(13)9(6-8)11(7-12)4-5-11/h2-3,6-7,13H,4-5H2,1H3. The molecule has 0 saturated heterocycles. The predicted molar refractivity (Wildman–Crippen MR) is 51.6 cm³/mol. The fourth-order valence-electron chi connectivity index (χ4n) is 1.63. The molecule has 14 heavy (non-hydrogen) atoms. The van der Waals surface area contributed by atoms with Crippen LogP contribution in [0, 0.1) is 0 Å². The van der Waals surface area contributed by atoms with Crippen LogP contribution in [0.15, 0.2) is 18.2 Å². The minimum Gasteiger partial charge on any atom is -0.508 e. The number of aromatic hydroxyl groups is 1. The fourth-order valence-corrected chi connectivity index (χ4v) is 1.63. The summed E-state index contributed by atoms with van der Waals surface area (Å²) in [5, 5.41) is 9.62. The lowest BCUT2D eigenvalue weighted by atomic mass is 9.96. The first-order valence-corrected chi connectivity index (χ1v) is 4.56. The molecule has 1 saturated carbocycles. The molecule has 1 N–H and O–H groups in total. The highest BCUT2D eigenvalue weighted by Gasteiger charge is 2.46. The Bertz CT molecular complexity index is 367. The monoisotopic (exact) mass is 192 g/mol. The Kier molecular flexibility index (Phi) is 1.95. The van der Waals surface area contributed by atoms with Gasteiger partial charge >= 0.3 is 0 Å². The van der Waals surface area contributed by atoms with Crippen LogP contribution in [0.5, 0.6) is 11.5 Å². The van der Waals surface area contributed by atoms with Crippen molar-refractivity contribution in [3.63, 3.8) is 0 Å². The molecule has 0 unspecified atom stereocenters. The quantitative estimate of drug-likeness (QED) is 0.740. The Labute approximate surface area is 82.3 Å². The molecule has 0 aromatic heterocycles. The third kappa shape index (κ3) is 1.25. The lowest BCUT2D eigenvalue weighted by molar-refractivity contribution is -0.109. The molecule has 0 heterocycles. The van der Waals surface area contributed by atoms with Gasteiger partial charge in [0, 0.05) is 5.56 Å². The average Bonchev–Trinajstić information content (AvgIpc) is 2.99. The second-order valence-electron chi connectivity index (χ2n) is 3.66. The van der Waals surface area contributed by atoms with Crippen LogP contribution < -0.4 is 4.74 Å². The number of ether oxygens (including phenoxy) is 1. The van der Waals surface area contributed by atoms with Gasteiger partial charge in [0.15, 0.2) is 0 Å². The lowest BCUT2D eigenvalue weighted by Gasteiger charge is -2.11. The van der Waals surface area contributed by atoms with Gasteiger partial charge in [0.25, 0.3) is 0 Å². The summed E-state index contributed by atoms with van der Waals surface area (Å²) in [5.41, 5.74) is 0.241. The summed E-state index contributed by atoms with van der Waals surface area (Å²) in [7, 11) is 1.57. The number of carbonyl (C=O) groups is 1. The molecular weight excluding hydrogens is 180 g/mol. The van der Waals surface area contributed by atoms with Gasteiger partial charge in [-0.3, -0.25) is 0 Å². The van der Waals surface area contributed by atoms with Crippen molar-refractivity contribution >= 4 is 6.29 Å². The number of carbonyl (C=O) groups excluding carboxylic acids is 1. The number of rotatable bonds is 3. The number of aldehydes is 1. The molecule has 1 aromatic carbocycles. The zero-order chi connectivity index (χ0) is 10.2. The highest BCUT2D eigenvalue weighted by Crippen LogP contribution is 2.50. The normalized spacial score (nSPS) is 17.5. The summed E-state index contributed by atoms with van der Waals surface area (Å²) in [6, 6.07) is 4.98. The topological polar surface area (TPSA) is 46.5 Å². The van der Waals surface area contributed by atoms with E-state index in [1.807, 2.05) is 0 Å². The van der Waals surface area contributed by atoms with Crippen LogP contribution in [0.3, 0.4) is 0 Å². The summed E-state index contributed by atoms with van der Waals surface area (Å²) in [6.07, 6.45) is 2.55. The van der Waals surface area contributed by atoms with Gasteiger partial charge < -0.3 is 14.6 Å². The molecule has 74 valence electrons. The van der Waals surface area contributed by atoms with Gasteiger partial charge in [-0.25, -0.2) is 0 Å². The van der Waals surface area contributed by atoms with Crippen LogP contribution in [0.4, 0.5) is 0 Å². The minimum absolute atomic E-state index is 0.176. The molecule has 3 nitrogen and oxygen atoms in total. The number of benzene rings is 1. The Balaban J connectivity index is 2.46. The van der Waals surface area contributed by atoms with Gasteiger partial charge in [0.2, 0.25) is 0 Å². The number of hydrogen-bond donors (Lipinski definition) is 1. The van der Waals surface area contributed by atoms with Gasteiger partial charge in [-0.2, -0.15) is 0 Å². The first kappa shape index (κ1) is 9.06. The Morgan fingerprint density at radius 3 is 2.71 bits per heavy atom. The SMILES string of the molecule is COc1ccc(O)c(C2(C=O)CC2)c1. The van der Waals surface area contributed by atoms with Crippen molar-refractivity contribution in [2.24, 2.45) is 0 Å². The summed E-state index contributed by atoms with van der Waals surface area (Å²) in [4.78, 5) is 10.9. The Morgan fingerprint density at radius 1 is 1.50 bits per heavy atom. The predicted octanol–water partition coefficient (Wildman–Crippen LogP) is 1.63. The van der Waals surface area contributed by atoms with Crippen LogP contribution >= 0.6 is 0 Å². The van der Waals surface area contributed by atoms with E-state index in [-0.39, 0.29) is 5.75 Å². The van der Waals surface area contributed by atoms with Crippen molar-refractivity contribution in [3.8, 4) is 11.5 Å². The summed E-state index contributed by atoms with van der Waals surface area (Å²) < 4.78 is 5.05. The van der Waals surface area contributed by atoms with E-state index in [1.165, 1.54) is 0 Å². The van der Waals surface area contributed by atoms with Crippen molar-refractivity contribution in [1.82, 2.24) is 0 Å². The second kappa shape index (κ2) is 3.01. The molecule has 0 bridgehead atoms. The van der Waals surface area contributed by atoms with E-state index in [9.17, 15) is 9.90 Å². The second-order valence-corrected chi connectivity index (χ2v) is 3.66. The Morgan fingerprint density at radius 2 is 2.21 bits per heavy atom. The van der Waals surface area contributed by atoms with Crippen LogP contribution in [0.25, 0.3) is 0 Å². The summed E-state index contributed by atoms with van der Waals surface area (Å²) >= 11 is 0. The zero-order valence-corrected chi connectivity index (χ0v) is 7.99. The van der Waals surface area contributed by atoms with E-state index in [1.54, 1.807) is 25.3 Å². The van der Waals surface area contributed by atoms with Gasteiger partial charge in [0.1, 0.15) is 17.8 Å². The van der Waals surface area contributed by atoms with E-state index < -0.39 is 5.41 Å². The molecule has 0 radical (unpaired) electrons. The number of phenolic OH excluding ortho intramolecular Hbond substituents is 1. The maximum Gasteiger partial charge on any atom is 0.130 e. The van der Waals surface area contributed by atoms with Gasteiger partial charge in [-0.15, -0.1) is 0 Å². The number of hydrogen-bond acceptors (Lipinski definition) is 3. The molecule has 1 aromatic rings. The molecule has 1 fully saturated rings. The van der Waals surface area contributed by atoms with E-state index in [2.05, 4.69) is 0 Å². The molecule has 2 rings (SSSR count). The molecule has 3 heteroatoms. The maximum absolute atomic E-state index is 10.9. The van der Waals surface area contributed by atoms with Crippen LogP contribution in [-0.2, 0) is 10.2 Å². The van der Waals surface area contributed by atoms with Gasteiger partial charge in [-0.1, -0.05) is 0 Å². The highest BCUT2D eigenvalue weighted by molar-refractivity contribution is 5.75. The van der Waals surface area contributed by atoms with Gasteiger partial charge in [-0.05, 0) is 31.0 Å². The Hall–Kier alpha value is -1.51. The third-order valence-corrected chi connectivity index (χ3v) is 2.75. The summed E-state index contributed by atoms with van der Waals surface area (Å²) in [5.74, 6) is 0.848. The van der Waals surface area contributed by atoms with E-state index in [0.717, 1.165) is 19.1 Å². The van der Waals surface area contributed by atoms with E-state index in [0.29, 0.717) is 11.3 Å². The molecule has 0 aliphatic heterocycles. The van der Waals surface area contributed by atoms with Crippen molar-refractivity contribution in [2.45, 2.75) is 18.3 Å². The molecule has 1 aliphatic carbocycles. The maximum atomic E-state index is 10.9. The molecule has 0 atom stereocenters. The molecule has 0 amide bonds. The minimum atomic E-state index is -0.446. The average molecular weight is 192 g/mol. The van der Waals surface area contributed by atoms with Crippen LogP contribution in [0.2, 0.25) is 0 Å². The van der Waals surface area contributed by atoms with Crippen molar-refractivity contribution in [3.05, 3.63) is 23.8 Å². The van der Waals surface area contributed by atoms with E-state index in [4.69, 9.17) is 4.74 Å².